The van der Waals surface area contributed by atoms with Gasteiger partial charge in [0.2, 0.25) is 0 Å². The molecule has 1 aliphatic heterocycles. The zero-order chi connectivity index (χ0) is 14.5. The molecule has 5 heteroatoms. The molecule has 1 aliphatic rings. The van der Waals surface area contributed by atoms with Crippen molar-refractivity contribution in [3.8, 4) is 5.75 Å². The molecule has 0 aromatic heterocycles. The van der Waals surface area contributed by atoms with Crippen molar-refractivity contribution < 1.29 is 14.6 Å². The number of rotatable bonds is 5. The fourth-order valence-corrected chi connectivity index (χ4v) is 2.61. The second kappa shape index (κ2) is 6.61. The van der Waals surface area contributed by atoms with Gasteiger partial charge < -0.3 is 20.1 Å². The van der Waals surface area contributed by atoms with E-state index >= 15 is 0 Å². The van der Waals surface area contributed by atoms with Crippen LogP contribution in [0.5, 0.6) is 5.75 Å². The van der Waals surface area contributed by atoms with Crippen LogP contribution in [0.15, 0.2) is 18.2 Å². The number of hydrogen-bond donors (Lipinski definition) is 2. The number of anilines is 1. The fraction of sp³-hybridized carbons (Fsp3) is 0.533. The molecular weight excluding hydrogens is 256 g/mol. The number of piperidine rings is 1. The molecular formula is C15H22N2O3. The van der Waals surface area contributed by atoms with Gasteiger partial charge in [0.05, 0.1) is 18.4 Å². The number of benzene rings is 1. The van der Waals surface area contributed by atoms with Gasteiger partial charge in [-0.15, -0.1) is 0 Å². The smallest absolute Gasteiger partial charge is 0.335 e. The standard InChI is InChI=1S/C15H22N2O3/c1-17-8-4-3-5-12(17)10-16-13-9-11(15(18)19)6-7-14(13)20-2/h6-7,9,12,16H,3-5,8,10H2,1-2H3,(H,18,19). The quantitative estimate of drug-likeness (QED) is 0.865. The van der Waals surface area contributed by atoms with Gasteiger partial charge in [-0.05, 0) is 44.6 Å². The summed E-state index contributed by atoms with van der Waals surface area (Å²) >= 11 is 0. The molecule has 0 saturated carbocycles. The molecule has 1 aromatic carbocycles. The van der Waals surface area contributed by atoms with Crippen LogP contribution in [-0.2, 0) is 0 Å². The van der Waals surface area contributed by atoms with Crippen molar-refractivity contribution in [2.24, 2.45) is 0 Å². The van der Waals surface area contributed by atoms with Crippen molar-refractivity contribution in [2.45, 2.75) is 25.3 Å². The number of aromatic carboxylic acids is 1. The summed E-state index contributed by atoms with van der Waals surface area (Å²) in [6, 6.07) is 5.36. The van der Waals surface area contributed by atoms with Crippen molar-refractivity contribution in [1.82, 2.24) is 4.90 Å². The summed E-state index contributed by atoms with van der Waals surface area (Å²) in [5, 5.41) is 12.4. The Morgan fingerprint density at radius 2 is 2.30 bits per heavy atom. The number of likely N-dealkylation sites (N-methyl/N-ethyl adjacent to an activating group) is 1. The first-order valence-corrected chi connectivity index (χ1v) is 6.97. The molecule has 1 aromatic rings. The van der Waals surface area contributed by atoms with Gasteiger partial charge in [0.1, 0.15) is 5.75 Å². The third-order valence-corrected chi connectivity index (χ3v) is 3.90. The molecule has 20 heavy (non-hydrogen) atoms. The topological polar surface area (TPSA) is 61.8 Å². The zero-order valence-electron chi connectivity index (χ0n) is 12.1. The Hall–Kier alpha value is -1.75. The summed E-state index contributed by atoms with van der Waals surface area (Å²) < 4.78 is 5.28. The normalized spacial score (nSPS) is 19.6. The predicted molar refractivity (Wildman–Crippen MR) is 78.7 cm³/mol. The molecule has 1 unspecified atom stereocenters. The Labute approximate surface area is 119 Å². The molecule has 0 spiro atoms. The number of methoxy groups -OCH3 is 1. The summed E-state index contributed by atoms with van der Waals surface area (Å²) in [6.45, 7) is 1.93. The van der Waals surface area contributed by atoms with Gasteiger partial charge in [0, 0.05) is 12.6 Å². The maximum Gasteiger partial charge on any atom is 0.335 e. The van der Waals surface area contributed by atoms with E-state index in [0.29, 0.717) is 11.8 Å². The Kier molecular flexibility index (Phi) is 4.84. The predicted octanol–water partition coefficient (Wildman–Crippen LogP) is 2.29. The van der Waals surface area contributed by atoms with Gasteiger partial charge in [-0.3, -0.25) is 0 Å². The minimum absolute atomic E-state index is 0.269. The molecule has 1 atom stereocenters. The number of ether oxygens (including phenoxy) is 1. The molecule has 110 valence electrons. The molecule has 1 saturated heterocycles. The monoisotopic (exact) mass is 278 g/mol. The lowest BCUT2D eigenvalue weighted by Gasteiger charge is -2.32. The Morgan fingerprint density at radius 3 is 2.95 bits per heavy atom. The maximum atomic E-state index is 11.0. The lowest BCUT2D eigenvalue weighted by atomic mass is 10.0. The molecule has 5 nitrogen and oxygen atoms in total. The molecule has 1 heterocycles. The van der Waals surface area contributed by atoms with Gasteiger partial charge in [-0.2, -0.15) is 0 Å². The van der Waals surface area contributed by atoms with Crippen molar-refractivity contribution in [2.75, 3.05) is 32.6 Å². The van der Waals surface area contributed by atoms with Crippen LogP contribution < -0.4 is 10.1 Å². The second-order valence-electron chi connectivity index (χ2n) is 5.23. The number of hydrogen-bond acceptors (Lipinski definition) is 4. The molecule has 2 rings (SSSR count). The first-order chi connectivity index (χ1) is 9.61. The van der Waals surface area contributed by atoms with E-state index in [1.807, 2.05) is 0 Å². The van der Waals surface area contributed by atoms with Gasteiger partial charge in [-0.25, -0.2) is 4.79 Å². The SMILES string of the molecule is COc1ccc(C(=O)O)cc1NCC1CCCCN1C. The van der Waals surface area contributed by atoms with Crippen LogP contribution in [-0.4, -0.2) is 49.3 Å². The highest BCUT2D eigenvalue weighted by atomic mass is 16.5. The highest BCUT2D eigenvalue weighted by molar-refractivity contribution is 5.89. The highest BCUT2D eigenvalue weighted by Gasteiger charge is 2.19. The summed E-state index contributed by atoms with van der Waals surface area (Å²) in [5.74, 6) is -0.251. The molecule has 1 fully saturated rings. The van der Waals surface area contributed by atoms with Crippen molar-refractivity contribution in [3.63, 3.8) is 0 Å². The van der Waals surface area contributed by atoms with Gasteiger partial charge >= 0.3 is 5.97 Å². The van der Waals surface area contributed by atoms with E-state index in [0.717, 1.165) is 18.8 Å². The Bertz CT molecular complexity index is 476. The van der Waals surface area contributed by atoms with E-state index in [4.69, 9.17) is 9.84 Å². The number of likely N-dealkylation sites (tertiary alicyclic amines) is 1. The van der Waals surface area contributed by atoms with E-state index in [-0.39, 0.29) is 5.56 Å². The van der Waals surface area contributed by atoms with Gasteiger partial charge in [0.15, 0.2) is 0 Å². The van der Waals surface area contributed by atoms with Crippen molar-refractivity contribution in [1.29, 1.82) is 0 Å². The summed E-state index contributed by atoms with van der Waals surface area (Å²) in [7, 11) is 3.73. The van der Waals surface area contributed by atoms with E-state index in [1.54, 1.807) is 25.3 Å². The van der Waals surface area contributed by atoms with E-state index in [2.05, 4.69) is 17.3 Å². The molecule has 2 N–H and O–H groups in total. The number of carbonyl (C=O) groups is 1. The van der Waals surface area contributed by atoms with Crippen LogP contribution in [0.4, 0.5) is 5.69 Å². The van der Waals surface area contributed by atoms with E-state index < -0.39 is 5.97 Å². The number of carboxylic acids is 1. The average Bonchev–Trinajstić information content (AvgIpc) is 2.46. The first-order valence-electron chi connectivity index (χ1n) is 6.97. The van der Waals surface area contributed by atoms with Gasteiger partial charge in [0.25, 0.3) is 0 Å². The molecule has 0 bridgehead atoms. The maximum absolute atomic E-state index is 11.0. The lowest BCUT2D eigenvalue weighted by Crippen LogP contribution is -2.40. The van der Waals surface area contributed by atoms with Crippen LogP contribution >= 0.6 is 0 Å². The number of nitrogens with zero attached hydrogens (tertiary/aromatic N) is 1. The van der Waals surface area contributed by atoms with E-state index in [1.165, 1.54) is 19.3 Å². The van der Waals surface area contributed by atoms with E-state index in [9.17, 15) is 4.79 Å². The second-order valence-corrected chi connectivity index (χ2v) is 5.23. The van der Waals surface area contributed by atoms with Crippen molar-refractivity contribution >= 4 is 11.7 Å². The third kappa shape index (κ3) is 3.42. The summed E-state index contributed by atoms with van der Waals surface area (Å²) in [4.78, 5) is 13.4. The third-order valence-electron chi connectivity index (χ3n) is 3.90. The minimum atomic E-state index is -0.925. The van der Waals surface area contributed by atoms with Crippen LogP contribution in [0.2, 0.25) is 0 Å². The number of nitrogens with one attached hydrogen (secondary N) is 1. The Morgan fingerprint density at radius 1 is 1.50 bits per heavy atom. The largest absolute Gasteiger partial charge is 0.495 e. The zero-order valence-corrected chi connectivity index (χ0v) is 12.1. The molecule has 0 radical (unpaired) electrons. The van der Waals surface area contributed by atoms with Crippen LogP contribution in [0, 0.1) is 0 Å². The molecule has 0 aliphatic carbocycles. The molecule has 0 amide bonds. The van der Waals surface area contributed by atoms with Crippen LogP contribution in [0.1, 0.15) is 29.6 Å². The lowest BCUT2D eigenvalue weighted by molar-refractivity contribution is 0.0697. The highest BCUT2D eigenvalue weighted by Crippen LogP contribution is 2.26. The number of carboxylic acid groups (broad SMARTS) is 1. The summed E-state index contributed by atoms with van der Waals surface area (Å²) in [5.41, 5.74) is 1.01. The van der Waals surface area contributed by atoms with Gasteiger partial charge in [-0.1, -0.05) is 6.42 Å². The fourth-order valence-electron chi connectivity index (χ4n) is 2.61. The van der Waals surface area contributed by atoms with Crippen molar-refractivity contribution in [3.05, 3.63) is 23.8 Å². The summed E-state index contributed by atoms with van der Waals surface area (Å²) in [6.07, 6.45) is 3.68. The first kappa shape index (κ1) is 14.7. The van der Waals surface area contributed by atoms with Crippen LogP contribution in [0.25, 0.3) is 0 Å². The average molecular weight is 278 g/mol. The Balaban J connectivity index is 2.07. The minimum Gasteiger partial charge on any atom is -0.495 e. The van der Waals surface area contributed by atoms with Crippen LogP contribution in [0.3, 0.4) is 0 Å².